The van der Waals surface area contributed by atoms with Gasteiger partial charge in [-0.25, -0.2) is 0 Å². The van der Waals surface area contributed by atoms with Gasteiger partial charge in [-0.2, -0.15) is 0 Å². The third-order valence-electron chi connectivity index (χ3n) is 9.17. The molecule has 0 saturated carbocycles. The smallest absolute Gasteiger partial charge is 0.0546 e. The molecule has 0 saturated heterocycles. The van der Waals surface area contributed by atoms with E-state index < -0.39 is 0 Å². The van der Waals surface area contributed by atoms with Gasteiger partial charge in [-0.15, -0.1) is 0 Å². The van der Waals surface area contributed by atoms with Crippen LogP contribution in [-0.4, -0.2) is 0 Å². The van der Waals surface area contributed by atoms with Crippen molar-refractivity contribution >= 4 is 60.2 Å². The molecule has 0 aromatic heterocycles. The second-order valence-corrected chi connectivity index (χ2v) is 13.0. The number of hydrogen-bond donors (Lipinski definition) is 0. The van der Waals surface area contributed by atoms with Crippen LogP contribution in [0.3, 0.4) is 0 Å². The van der Waals surface area contributed by atoms with Crippen molar-refractivity contribution in [2.75, 3.05) is 4.90 Å². The standard InChI is InChI=1S/C44H35N/c1-44(2,3)32-24-26-34(27-25-32)45(33-16-5-4-6-17-33)42-29-31-28-41(36-23-13-15-30-14-7-8-18-35(30)36)37-19-9-11-21-39(37)43(31)40-22-12-10-20-38(40)42/h4-29H,1-3H3. The van der Waals surface area contributed by atoms with Gasteiger partial charge in [0.1, 0.15) is 0 Å². The highest BCUT2D eigenvalue weighted by molar-refractivity contribution is 6.26. The maximum atomic E-state index is 2.42. The summed E-state index contributed by atoms with van der Waals surface area (Å²) in [7, 11) is 0. The number of fused-ring (bicyclic) bond motifs is 6. The minimum atomic E-state index is 0.0881. The van der Waals surface area contributed by atoms with Crippen LogP contribution in [0.15, 0.2) is 158 Å². The van der Waals surface area contributed by atoms with Crippen molar-refractivity contribution in [3.05, 3.63) is 163 Å². The number of nitrogens with zero attached hydrogens (tertiary/aromatic N) is 1. The topological polar surface area (TPSA) is 3.24 Å². The van der Waals surface area contributed by atoms with Crippen LogP contribution < -0.4 is 4.90 Å². The third-order valence-corrected chi connectivity index (χ3v) is 9.17. The summed E-state index contributed by atoms with van der Waals surface area (Å²) in [6, 6.07) is 57.8. The summed E-state index contributed by atoms with van der Waals surface area (Å²) >= 11 is 0. The van der Waals surface area contributed by atoms with E-state index in [-0.39, 0.29) is 5.41 Å². The van der Waals surface area contributed by atoms with Gasteiger partial charge in [0.25, 0.3) is 0 Å². The number of anilines is 3. The minimum Gasteiger partial charge on any atom is -0.310 e. The van der Waals surface area contributed by atoms with Crippen molar-refractivity contribution in [3.63, 3.8) is 0 Å². The Bertz CT molecular complexity index is 2340. The molecule has 216 valence electrons. The van der Waals surface area contributed by atoms with E-state index in [2.05, 4.69) is 183 Å². The number of para-hydroxylation sites is 1. The van der Waals surface area contributed by atoms with Crippen LogP contribution in [0.4, 0.5) is 17.1 Å². The van der Waals surface area contributed by atoms with Gasteiger partial charge in [-0.05, 0) is 96.2 Å². The second kappa shape index (κ2) is 10.6. The average molecular weight is 578 g/mol. The first-order chi connectivity index (χ1) is 22.0. The summed E-state index contributed by atoms with van der Waals surface area (Å²) in [5, 5.41) is 10.1. The Morgan fingerprint density at radius 1 is 0.400 bits per heavy atom. The molecule has 0 radical (unpaired) electrons. The van der Waals surface area contributed by atoms with Crippen molar-refractivity contribution < 1.29 is 0 Å². The first kappa shape index (κ1) is 27.2. The van der Waals surface area contributed by atoms with Crippen LogP contribution in [0.1, 0.15) is 26.3 Å². The predicted octanol–water partition coefficient (Wildman–Crippen LogP) is 12.7. The molecule has 0 bridgehead atoms. The zero-order chi connectivity index (χ0) is 30.5. The number of benzene rings is 8. The molecule has 0 spiro atoms. The highest BCUT2D eigenvalue weighted by atomic mass is 15.1. The fourth-order valence-electron chi connectivity index (χ4n) is 6.94. The van der Waals surface area contributed by atoms with Crippen LogP contribution in [0.2, 0.25) is 0 Å². The Hall–Kier alpha value is -5.40. The molecule has 0 atom stereocenters. The maximum Gasteiger partial charge on any atom is 0.0546 e. The van der Waals surface area contributed by atoms with Crippen LogP contribution >= 0.6 is 0 Å². The molecule has 0 heterocycles. The average Bonchev–Trinajstić information content (AvgIpc) is 3.08. The summed E-state index contributed by atoms with van der Waals surface area (Å²) in [6.07, 6.45) is 0. The normalized spacial score (nSPS) is 11.9. The minimum absolute atomic E-state index is 0.0881. The van der Waals surface area contributed by atoms with Gasteiger partial charge in [0.2, 0.25) is 0 Å². The van der Waals surface area contributed by atoms with Gasteiger partial charge in [-0.3, -0.25) is 0 Å². The fourth-order valence-corrected chi connectivity index (χ4v) is 6.94. The Morgan fingerprint density at radius 2 is 0.956 bits per heavy atom. The van der Waals surface area contributed by atoms with Crippen LogP contribution in [0.25, 0.3) is 54.2 Å². The molecular weight excluding hydrogens is 542 g/mol. The van der Waals surface area contributed by atoms with E-state index in [4.69, 9.17) is 0 Å². The predicted molar refractivity (Wildman–Crippen MR) is 195 cm³/mol. The highest BCUT2D eigenvalue weighted by Gasteiger charge is 2.21. The quantitative estimate of drug-likeness (QED) is 0.188. The molecular formula is C44H35N. The molecule has 1 nitrogen and oxygen atoms in total. The SMILES string of the molecule is CC(C)(C)c1ccc(N(c2ccccc2)c2cc3cc(-c4cccc5ccccc45)c4ccccc4c3c3ccccc23)cc1. The molecule has 0 fully saturated rings. The lowest BCUT2D eigenvalue weighted by Crippen LogP contribution is -2.13. The van der Waals surface area contributed by atoms with Gasteiger partial charge in [0.05, 0.1) is 5.69 Å². The van der Waals surface area contributed by atoms with Gasteiger partial charge in [0.15, 0.2) is 0 Å². The zero-order valence-corrected chi connectivity index (χ0v) is 26.0. The van der Waals surface area contributed by atoms with Crippen molar-refractivity contribution in [2.45, 2.75) is 26.2 Å². The first-order valence-corrected chi connectivity index (χ1v) is 15.8. The monoisotopic (exact) mass is 577 g/mol. The Balaban J connectivity index is 1.47. The van der Waals surface area contributed by atoms with E-state index in [9.17, 15) is 0 Å². The van der Waals surface area contributed by atoms with Gasteiger partial charge >= 0.3 is 0 Å². The molecule has 0 unspecified atom stereocenters. The van der Waals surface area contributed by atoms with Crippen molar-refractivity contribution in [1.82, 2.24) is 0 Å². The molecule has 0 aliphatic heterocycles. The zero-order valence-electron chi connectivity index (χ0n) is 26.0. The molecule has 0 aliphatic carbocycles. The van der Waals surface area contributed by atoms with Crippen molar-refractivity contribution in [2.24, 2.45) is 0 Å². The van der Waals surface area contributed by atoms with Crippen LogP contribution in [0.5, 0.6) is 0 Å². The molecule has 45 heavy (non-hydrogen) atoms. The lowest BCUT2D eigenvalue weighted by atomic mass is 9.87. The molecule has 0 amide bonds. The third kappa shape index (κ3) is 4.64. The molecule has 1 heteroatoms. The van der Waals surface area contributed by atoms with E-state index >= 15 is 0 Å². The molecule has 0 aliphatic rings. The van der Waals surface area contributed by atoms with E-state index in [1.54, 1.807) is 0 Å². The molecule has 8 rings (SSSR count). The fraction of sp³-hybridized carbons (Fsp3) is 0.0909. The van der Waals surface area contributed by atoms with E-state index in [0.717, 1.165) is 11.4 Å². The maximum absolute atomic E-state index is 2.42. The Labute approximate surface area is 265 Å². The molecule has 0 N–H and O–H groups in total. The summed E-state index contributed by atoms with van der Waals surface area (Å²) in [5.41, 5.74) is 7.40. The summed E-state index contributed by atoms with van der Waals surface area (Å²) in [5.74, 6) is 0. The Kier molecular flexibility index (Phi) is 6.43. The highest BCUT2D eigenvalue weighted by Crippen LogP contribution is 2.46. The van der Waals surface area contributed by atoms with Gasteiger partial charge in [-0.1, -0.05) is 142 Å². The summed E-state index contributed by atoms with van der Waals surface area (Å²) in [6.45, 7) is 6.81. The van der Waals surface area contributed by atoms with E-state index in [1.165, 1.54) is 65.5 Å². The van der Waals surface area contributed by atoms with Gasteiger partial charge in [0, 0.05) is 16.8 Å². The van der Waals surface area contributed by atoms with E-state index in [1.807, 2.05) is 0 Å². The number of rotatable bonds is 4. The van der Waals surface area contributed by atoms with Crippen LogP contribution in [0, 0.1) is 0 Å². The number of hydrogen-bond acceptors (Lipinski definition) is 1. The van der Waals surface area contributed by atoms with Gasteiger partial charge < -0.3 is 4.90 Å². The largest absolute Gasteiger partial charge is 0.310 e. The summed E-state index contributed by atoms with van der Waals surface area (Å²) in [4.78, 5) is 2.42. The first-order valence-electron chi connectivity index (χ1n) is 15.8. The van der Waals surface area contributed by atoms with Crippen LogP contribution in [-0.2, 0) is 5.41 Å². The Morgan fingerprint density at radius 3 is 1.67 bits per heavy atom. The summed E-state index contributed by atoms with van der Waals surface area (Å²) < 4.78 is 0. The molecule has 8 aromatic rings. The van der Waals surface area contributed by atoms with Crippen molar-refractivity contribution in [1.29, 1.82) is 0 Å². The molecule has 8 aromatic carbocycles. The second-order valence-electron chi connectivity index (χ2n) is 13.0. The van der Waals surface area contributed by atoms with Crippen molar-refractivity contribution in [3.8, 4) is 11.1 Å². The lowest BCUT2D eigenvalue weighted by molar-refractivity contribution is 0.590. The van der Waals surface area contributed by atoms with E-state index in [0.29, 0.717) is 0 Å². The lowest BCUT2D eigenvalue weighted by Gasteiger charge is -2.29.